The molecule has 1 saturated heterocycles. The maximum absolute atomic E-state index is 12.5. The van der Waals surface area contributed by atoms with Crippen molar-refractivity contribution in [2.45, 2.75) is 43.5 Å². The molecule has 6 nitrogen and oxygen atoms in total. The predicted octanol–water partition coefficient (Wildman–Crippen LogP) is 1.94. The van der Waals surface area contributed by atoms with Crippen molar-refractivity contribution < 1.29 is 8.42 Å². The van der Waals surface area contributed by atoms with Crippen LogP contribution in [0.2, 0.25) is 0 Å². The SMILES string of the molecule is CN=C(NCc1ccc(S(=O)(=O)N2CCCC2)cc1)NCC1CCC1. The molecule has 1 aliphatic carbocycles. The third kappa shape index (κ3) is 4.52. The van der Waals surface area contributed by atoms with Crippen molar-refractivity contribution >= 4 is 16.0 Å². The second-order valence-electron chi connectivity index (χ2n) is 6.86. The average molecular weight is 365 g/mol. The first-order valence-corrected chi connectivity index (χ1v) is 10.6. The van der Waals surface area contributed by atoms with E-state index in [1.807, 2.05) is 12.1 Å². The molecular formula is C18H28N4O2S. The summed E-state index contributed by atoms with van der Waals surface area (Å²) >= 11 is 0. The highest BCUT2D eigenvalue weighted by molar-refractivity contribution is 7.89. The maximum Gasteiger partial charge on any atom is 0.243 e. The van der Waals surface area contributed by atoms with Gasteiger partial charge in [0.15, 0.2) is 5.96 Å². The van der Waals surface area contributed by atoms with E-state index >= 15 is 0 Å². The van der Waals surface area contributed by atoms with Crippen LogP contribution in [0, 0.1) is 5.92 Å². The van der Waals surface area contributed by atoms with E-state index in [0.29, 0.717) is 24.5 Å². The van der Waals surface area contributed by atoms with Gasteiger partial charge in [-0.3, -0.25) is 4.99 Å². The Morgan fingerprint density at radius 3 is 2.36 bits per heavy atom. The Balaban J connectivity index is 1.53. The van der Waals surface area contributed by atoms with Gasteiger partial charge in [-0.2, -0.15) is 4.31 Å². The minimum absolute atomic E-state index is 0.380. The van der Waals surface area contributed by atoms with Crippen LogP contribution in [-0.4, -0.2) is 45.4 Å². The zero-order chi connectivity index (χ0) is 17.7. The van der Waals surface area contributed by atoms with Gasteiger partial charge in [-0.1, -0.05) is 18.6 Å². The van der Waals surface area contributed by atoms with Crippen LogP contribution >= 0.6 is 0 Å². The fourth-order valence-corrected chi connectivity index (χ4v) is 4.72. The Labute approximate surface area is 150 Å². The third-order valence-corrected chi connectivity index (χ3v) is 7.01. The van der Waals surface area contributed by atoms with Crippen molar-refractivity contribution in [1.29, 1.82) is 0 Å². The lowest BCUT2D eigenvalue weighted by Crippen LogP contribution is -2.40. The van der Waals surface area contributed by atoms with E-state index in [1.165, 1.54) is 19.3 Å². The minimum Gasteiger partial charge on any atom is -0.356 e. The Bertz CT molecular complexity index is 690. The molecule has 2 N–H and O–H groups in total. The van der Waals surface area contributed by atoms with Crippen LogP contribution in [0.15, 0.2) is 34.2 Å². The molecule has 0 atom stereocenters. The zero-order valence-electron chi connectivity index (χ0n) is 14.9. The molecule has 1 saturated carbocycles. The largest absolute Gasteiger partial charge is 0.356 e. The first-order chi connectivity index (χ1) is 12.1. The summed E-state index contributed by atoms with van der Waals surface area (Å²) in [6.45, 7) is 2.85. The van der Waals surface area contributed by atoms with E-state index in [4.69, 9.17) is 0 Å². The van der Waals surface area contributed by atoms with E-state index in [2.05, 4.69) is 15.6 Å². The lowest BCUT2D eigenvalue weighted by Gasteiger charge is -2.26. The maximum atomic E-state index is 12.5. The number of guanidine groups is 1. The molecule has 0 unspecified atom stereocenters. The highest BCUT2D eigenvalue weighted by Gasteiger charge is 2.26. The molecule has 0 radical (unpaired) electrons. The molecular weight excluding hydrogens is 336 g/mol. The van der Waals surface area contributed by atoms with Gasteiger partial charge >= 0.3 is 0 Å². The van der Waals surface area contributed by atoms with Gasteiger partial charge in [0.1, 0.15) is 0 Å². The number of rotatable bonds is 6. The molecule has 0 amide bonds. The number of hydrogen-bond acceptors (Lipinski definition) is 3. The monoisotopic (exact) mass is 364 g/mol. The van der Waals surface area contributed by atoms with Gasteiger partial charge in [-0.05, 0) is 49.3 Å². The van der Waals surface area contributed by atoms with Crippen molar-refractivity contribution in [2.75, 3.05) is 26.7 Å². The van der Waals surface area contributed by atoms with Gasteiger partial charge in [0.05, 0.1) is 4.90 Å². The smallest absolute Gasteiger partial charge is 0.243 e. The lowest BCUT2D eigenvalue weighted by atomic mass is 9.85. The van der Waals surface area contributed by atoms with E-state index in [-0.39, 0.29) is 0 Å². The number of aliphatic imine (C=N–C) groups is 1. The average Bonchev–Trinajstić information content (AvgIpc) is 3.12. The molecule has 0 bridgehead atoms. The second kappa shape index (κ2) is 8.19. The molecule has 25 heavy (non-hydrogen) atoms. The van der Waals surface area contributed by atoms with Crippen LogP contribution in [-0.2, 0) is 16.6 Å². The molecule has 2 fully saturated rings. The molecule has 0 spiro atoms. The van der Waals surface area contributed by atoms with Crippen LogP contribution in [0.5, 0.6) is 0 Å². The summed E-state index contributed by atoms with van der Waals surface area (Å²) in [5.41, 5.74) is 1.03. The standard InChI is InChI=1S/C18H28N4O2S/c1-19-18(20-13-15-5-4-6-15)21-14-16-7-9-17(10-8-16)25(23,24)22-11-2-3-12-22/h7-10,15H,2-6,11-14H2,1H3,(H2,19,20,21). The highest BCUT2D eigenvalue weighted by Crippen LogP contribution is 2.25. The predicted molar refractivity (Wildman–Crippen MR) is 100.0 cm³/mol. The number of benzene rings is 1. The number of nitrogens with one attached hydrogen (secondary N) is 2. The van der Waals surface area contributed by atoms with Crippen LogP contribution in [0.25, 0.3) is 0 Å². The van der Waals surface area contributed by atoms with Gasteiger partial charge in [0.2, 0.25) is 10.0 Å². The van der Waals surface area contributed by atoms with Gasteiger partial charge in [0.25, 0.3) is 0 Å². The van der Waals surface area contributed by atoms with Gasteiger partial charge < -0.3 is 10.6 Å². The summed E-state index contributed by atoms with van der Waals surface area (Å²) in [5.74, 6) is 1.56. The van der Waals surface area contributed by atoms with Crippen LogP contribution in [0.4, 0.5) is 0 Å². The third-order valence-electron chi connectivity index (χ3n) is 5.09. The fourth-order valence-electron chi connectivity index (χ4n) is 3.20. The summed E-state index contributed by atoms with van der Waals surface area (Å²) in [7, 11) is -1.56. The van der Waals surface area contributed by atoms with Crippen LogP contribution < -0.4 is 10.6 Å². The summed E-state index contributed by atoms with van der Waals surface area (Å²) in [5, 5.41) is 6.63. The van der Waals surface area contributed by atoms with Crippen LogP contribution in [0.1, 0.15) is 37.7 Å². The molecule has 1 aromatic rings. The molecule has 3 rings (SSSR count). The first-order valence-electron chi connectivity index (χ1n) is 9.13. The van der Waals surface area contributed by atoms with Crippen molar-refractivity contribution in [3.8, 4) is 0 Å². The molecule has 1 aromatic carbocycles. The normalized spacial score (nSPS) is 19.6. The Hall–Kier alpha value is -1.60. The van der Waals surface area contributed by atoms with Gasteiger partial charge in [-0.15, -0.1) is 0 Å². The number of nitrogens with zero attached hydrogens (tertiary/aromatic N) is 2. The molecule has 1 aliphatic heterocycles. The topological polar surface area (TPSA) is 73.8 Å². The Morgan fingerprint density at radius 2 is 1.80 bits per heavy atom. The van der Waals surface area contributed by atoms with E-state index < -0.39 is 10.0 Å². The Kier molecular flexibility index (Phi) is 5.96. The van der Waals surface area contributed by atoms with E-state index in [0.717, 1.165) is 36.8 Å². The highest BCUT2D eigenvalue weighted by atomic mass is 32.2. The van der Waals surface area contributed by atoms with Crippen molar-refractivity contribution in [2.24, 2.45) is 10.9 Å². The molecule has 7 heteroatoms. The minimum atomic E-state index is -3.33. The lowest BCUT2D eigenvalue weighted by molar-refractivity contribution is 0.314. The van der Waals surface area contributed by atoms with E-state index in [9.17, 15) is 8.42 Å². The van der Waals surface area contributed by atoms with Crippen LogP contribution in [0.3, 0.4) is 0 Å². The fraction of sp³-hybridized carbons (Fsp3) is 0.611. The second-order valence-corrected chi connectivity index (χ2v) is 8.80. The zero-order valence-corrected chi connectivity index (χ0v) is 15.7. The summed E-state index contributed by atoms with van der Waals surface area (Å²) in [4.78, 5) is 4.61. The van der Waals surface area contributed by atoms with Gasteiger partial charge in [0, 0.05) is 33.2 Å². The van der Waals surface area contributed by atoms with Crippen molar-refractivity contribution in [1.82, 2.24) is 14.9 Å². The molecule has 1 heterocycles. The molecule has 2 aliphatic rings. The first kappa shape index (κ1) is 18.2. The quantitative estimate of drug-likeness (QED) is 0.598. The van der Waals surface area contributed by atoms with E-state index in [1.54, 1.807) is 23.5 Å². The molecule has 0 aromatic heterocycles. The van der Waals surface area contributed by atoms with Gasteiger partial charge in [-0.25, -0.2) is 8.42 Å². The van der Waals surface area contributed by atoms with Crippen molar-refractivity contribution in [3.63, 3.8) is 0 Å². The summed E-state index contributed by atoms with van der Waals surface area (Å²) in [6.07, 6.45) is 5.85. The Morgan fingerprint density at radius 1 is 1.12 bits per heavy atom. The number of sulfonamides is 1. The molecule has 138 valence electrons. The summed E-state index contributed by atoms with van der Waals surface area (Å²) in [6, 6.07) is 7.15. The number of hydrogen-bond donors (Lipinski definition) is 2. The summed E-state index contributed by atoms with van der Waals surface area (Å²) < 4.78 is 26.6. The van der Waals surface area contributed by atoms with Crippen molar-refractivity contribution in [3.05, 3.63) is 29.8 Å².